The van der Waals surface area contributed by atoms with E-state index in [9.17, 15) is 9.59 Å². The lowest BCUT2D eigenvalue weighted by Crippen LogP contribution is -2.32. The molecule has 96 valence electrons. The smallest absolute Gasteiger partial charge is 0.238 e. The van der Waals surface area contributed by atoms with Gasteiger partial charge < -0.3 is 0 Å². The van der Waals surface area contributed by atoms with Crippen LogP contribution in [0.25, 0.3) is 0 Å². The van der Waals surface area contributed by atoms with Crippen LogP contribution in [0.3, 0.4) is 0 Å². The van der Waals surface area contributed by atoms with Crippen molar-refractivity contribution in [2.24, 2.45) is 23.7 Å². The first-order valence-electron chi connectivity index (χ1n) is 6.48. The highest BCUT2D eigenvalue weighted by Gasteiger charge is 2.59. The van der Waals surface area contributed by atoms with Crippen molar-refractivity contribution in [2.45, 2.75) is 6.42 Å². The average molecular weight is 318 g/mol. The number of carbonyl (C=O) groups excluding carboxylic acids is 2. The highest BCUT2D eigenvalue weighted by Crippen LogP contribution is 2.53. The molecule has 4 atom stereocenters. The van der Waals surface area contributed by atoms with E-state index in [-0.39, 0.29) is 35.5 Å². The second-order valence-corrected chi connectivity index (χ2v) is 6.41. The van der Waals surface area contributed by atoms with Gasteiger partial charge in [0, 0.05) is 4.47 Å². The minimum absolute atomic E-state index is 0.0232. The fourth-order valence-electron chi connectivity index (χ4n) is 3.77. The number of allylic oxidation sites excluding steroid dienone is 2. The zero-order chi connectivity index (χ0) is 13.1. The molecule has 0 spiro atoms. The Morgan fingerprint density at radius 1 is 1.05 bits per heavy atom. The van der Waals surface area contributed by atoms with Gasteiger partial charge in [0.05, 0.1) is 17.5 Å². The molecule has 2 bridgehead atoms. The first kappa shape index (κ1) is 11.4. The van der Waals surface area contributed by atoms with Crippen LogP contribution < -0.4 is 4.90 Å². The van der Waals surface area contributed by atoms with E-state index in [1.807, 2.05) is 24.3 Å². The third-order valence-corrected chi connectivity index (χ3v) is 5.03. The molecule has 0 aromatic heterocycles. The van der Waals surface area contributed by atoms with Crippen LogP contribution in [0, 0.1) is 23.7 Å². The number of benzene rings is 1. The average Bonchev–Trinajstić information content (AvgIpc) is 3.04. The molecular weight excluding hydrogens is 306 g/mol. The minimum atomic E-state index is -0.124. The summed E-state index contributed by atoms with van der Waals surface area (Å²) >= 11 is 3.38. The van der Waals surface area contributed by atoms with Crippen LogP contribution in [0.1, 0.15) is 6.42 Å². The molecule has 0 radical (unpaired) electrons. The normalized spacial score (nSPS) is 35.3. The van der Waals surface area contributed by atoms with Crippen LogP contribution in [-0.4, -0.2) is 11.8 Å². The lowest BCUT2D eigenvalue weighted by Gasteiger charge is -2.17. The van der Waals surface area contributed by atoms with Crippen LogP contribution >= 0.6 is 15.9 Å². The molecule has 3 nitrogen and oxygen atoms in total. The molecule has 1 saturated carbocycles. The Balaban J connectivity index is 1.77. The number of hydrogen-bond acceptors (Lipinski definition) is 2. The summed E-state index contributed by atoms with van der Waals surface area (Å²) in [5, 5.41) is 0. The summed E-state index contributed by atoms with van der Waals surface area (Å²) in [4.78, 5) is 26.5. The van der Waals surface area contributed by atoms with Gasteiger partial charge in [0.1, 0.15) is 0 Å². The quantitative estimate of drug-likeness (QED) is 0.590. The summed E-state index contributed by atoms with van der Waals surface area (Å²) < 4.78 is 0.878. The molecule has 2 fully saturated rings. The number of anilines is 1. The van der Waals surface area contributed by atoms with Crippen molar-refractivity contribution in [3.05, 3.63) is 40.9 Å². The van der Waals surface area contributed by atoms with Crippen molar-refractivity contribution < 1.29 is 9.59 Å². The second-order valence-electron chi connectivity index (χ2n) is 5.49. The molecule has 1 heterocycles. The molecule has 4 rings (SSSR count). The van der Waals surface area contributed by atoms with E-state index in [1.165, 1.54) is 4.90 Å². The monoisotopic (exact) mass is 317 g/mol. The van der Waals surface area contributed by atoms with Crippen LogP contribution in [0.15, 0.2) is 40.9 Å². The highest BCUT2D eigenvalue weighted by molar-refractivity contribution is 9.10. The van der Waals surface area contributed by atoms with Crippen molar-refractivity contribution in [1.82, 2.24) is 0 Å². The van der Waals surface area contributed by atoms with Crippen molar-refractivity contribution in [2.75, 3.05) is 4.90 Å². The van der Waals surface area contributed by atoms with Gasteiger partial charge in [-0.3, -0.25) is 9.59 Å². The predicted molar refractivity (Wildman–Crippen MR) is 74.4 cm³/mol. The third-order valence-electron chi connectivity index (χ3n) is 4.54. The van der Waals surface area contributed by atoms with Gasteiger partial charge in [-0.05, 0) is 36.5 Å². The van der Waals surface area contributed by atoms with E-state index in [4.69, 9.17) is 0 Å². The fourth-order valence-corrected chi connectivity index (χ4v) is 4.16. The Morgan fingerprint density at radius 3 is 2.26 bits per heavy atom. The summed E-state index contributed by atoms with van der Waals surface area (Å²) in [6.07, 6.45) is 5.20. The Bertz CT molecular complexity index is 594. The Labute approximate surface area is 119 Å². The Morgan fingerprint density at radius 2 is 1.68 bits per heavy atom. The molecule has 19 heavy (non-hydrogen) atoms. The summed E-state index contributed by atoms with van der Waals surface area (Å²) in [6, 6.07) is 7.38. The maximum atomic E-state index is 12.6. The number of carbonyl (C=O) groups is 2. The summed E-state index contributed by atoms with van der Waals surface area (Å²) in [6.45, 7) is 0. The molecular formula is C15H12BrNO2. The van der Waals surface area contributed by atoms with Crippen molar-refractivity contribution in [3.63, 3.8) is 0 Å². The number of halogens is 1. The van der Waals surface area contributed by atoms with Crippen molar-refractivity contribution >= 4 is 33.4 Å². The van der Waals surface area contributed by atoms with Crippen LogP contribution in [0.2, 0.25) is 0 Å². The number of fused-ring (bicyclic) bond motifs is 5. The second kappa shape index (κ2) is 3.79. The van der Waals surface area contributed by atoms with Gasteiger partial charge in [-0.15, -0.1) is 0 Å². The molecule has 1 aliphatic heterocycles. The van der Waals surface area contributed by atoms with Gasteiger partial charge in [0.15, 0.2) is 0 Å². The first-order valence-corrected chi connectivity index (χ1v) is 7.28. The van der Waals surface area contributed by atoms with E-state index in [2.05, 4.69) is 28.1 Å². The van der Waals surface area contributed by atoms with E-state index < -0.39 is 0 Å². The standard InChI is InChI=1S/C15H12BrNO2/c16-10-2-1-3-11(7-10)17-14(18)12-8-4-5-9(6-8)13(12)15(17)19/h1-5,7-9,12-13H,6H2/t8-,9+,12-,13+. The molecule has 2 amide bonds. The van der Waals surface area contributed by atoms with Crippen LogP contribution in [0.4, 0.5) is 5.69 Å². The van der Waals surface area contributed by atoms with Gasteiger partial charge >= 0.3 is 0 Å². The molecule has 0 unspecified atom stereocenters. The maximum Gasteiger partial charge on any atom is 0.238 e. The number of nitrogens with zero attached hydrogens (tertiary/aromatic N) is 1. The number of rotatable bonds is 1. The number of hydrogen-bond donors (Lipinski definition) is 0. The number of imide groups is 1. The third kappa shape index (κ3) is 1.43. The van der Waals surface area contributed by atoms with Gasteiger partial charge in [0.25, 0.3) is 0 Å². The van der Waals surface area contributed by atoms with Gasteiger partial charge in [-0.1, -0.05) is 34.1 Å². The summed E-state index contributed by atoms with van der Waals surface area (Å²) in [7, 11) is 0. The molecule has 3 aliphatic rings. The largest absolute Gasteiger partial charge is 0.274 e. The van der Waals surface area contributed by atoms with E-state index in [0.717, 1.165) is 10.9 Å². The van der Waals surface area contributed by atoms with Gasteiger partial charge in [-0.25, -0.2) is 4.90 Å². The lowest BCUT2D eigenvalue weighted by atomic mass is 9.85. The molecule has 2 aliphatic carbocycles. The van der Waals surface area contributed by atoms with E-state index in [0.29, 0.717) is 5.69 Å². The Kier molecular flexibility index (Phi) is 2.28. The Hall–Kier alpha value is -1.42. The maximum absolute atomic E-state index is 12.6. The molecule has 0 N–H and O–H groups in total. The predicted octanol–water partition coefficient (Wildman–Crippen LogP) is 2.76. The molecule has 4 heteroatoms. The topological polar surface area (TPSA) is 37.4 Å². The van der Waals surface area contributed by atoms with Crippen LogP contribution in [0.5, 0.6) is 0 Å². The lowest BCUT2D eigenvalue weighted by molar-refractivity contribution is -0.123. The SMILES string of the molecule is O=C1[C@@H]2[C@H](C(=O)N1c1cccc(Br)c1)[C@@H]1C=C[C@H]2C1. The van der Waals surface area contributed by atoms with Crippen molar-refractivity contribution in [3.8, 4) is 0 Å². The molecule has 1 aromatic carbocycles. The summed E-state index contributed by atoms with van der Waals surface area (Å²) in [5.41, 5.74) is 0.679. The first-order chi connectivity index (χ1) is 9.16. The molecule has 1 aromatic rings. The molecule has 1 saturated heterocycles. The minimum Gasteiger partial charge on any atom is -0.274 e. The fraction of sp³-hybridized carbons (Fsp3) is 0.333. The zero-order valence-corrected chi connectivity index (χ0v) is 11.7. The number of amides is 2. The van der Waals surface area contributed by atoms with Crippen molar-refractivity contribution in [1.29, 1.82) is 0 Å². The highest BCUT2D eigenvalue weighted by atomic mass is 79.9. The van der Waals surface area contributed by atoms with Gasteiger partial charge in [-0.2, -0.15) is 0 Å². The van der Waals surface area contributed by atoms with Gasteiger partial charge in [0.2, 0.25) is 11.8 Å². The zero-order valence-electron chi connectivity index (χ0n) is 10.1. The van der Waals surface area contributed by atoms with E-state index in [1.54, 1.807) is 0 Å². The summed E-state index contributed by atoms with van der Waals surface area (Å²) in [5.74, 6) is 0.241. The van der Waals surface area contributed by atoms with Crippen LogP contribution in [-0.2, 0) is 9.59 Å². The van der Waals surface area contributed by atoms with E-state index >= 15 is 0 Å².